The van der Waals surface area contributed by atoms with Crippen molar-refractivity contribution in [1.82, 2.24) is 14.9 Å². The minimum atomic E-state index is -0.751. The summed E-state index contributed by atoms with van der Waals surface area (Å²) in [5.41, 5.74) is 1.73. The number of hydrogen-bond donors (Lipinski definition) is 3. The number of aliphatic carboxylic acids is 1. The minimum Gasteiger partial charge on any atom is -0.481 e. The molecule has 7 nitrogen and oxygen atoms in total. The number of carboxylic acid groups (broad SMARTS) is 1. The van der Waals surface area contributed by atoms with Crippen LogP contribution in [-0.4, -0.2) is 33.1 Å². The second-order valence-corrected chi connectivity index (χ2v) is 5.89. The van der Waals surface area contributed by atoms with Gasteiger partial charge in [-0.3, -0.25) is 14.2 Å². The number of H-pyrrole nitrogens is 1. The Morgan fingerprint density at radius 1 is 1.17 bits per heavy atom. The number of aryl methyl sites for hydroxylation is 1. The van der Waals surface area contributed by atoms with Crippen LogP contribution in [0, 0.1) is 0 Å². The molecule has 0 fully saturated rings. The molecule has 0 spiro atoms. The van der Waals surface area contributed by atoms with Crippen molar-refractivity contribution in [3.05, 3.63) is 34.2 Å². The third kappa shape index (κ3) is 4.71. The lowest BCUT2D eigenvalue weighted by Gasteiger charge is -2.06. The van der Waals surface area contributed by atoms with E-state index in [2.05, 4.69) is 10.3 Å². The molecule has 0 aliphatic rings. The molecule has 1 aromatic heterocycles. The summed E-state index contributed by atoms with van der Waals surface area (Å²) in [6.07, 6.45) is 4.63. The van der Waals surface area contributed by atoms with E-state index < -0.39 is 5.97 Å². The Balaban J connectivity index is 1.74. The van der Waals surface area contributed by atoms with E-state index in [1.165, 1.54) is 4.57 Å². The van der Waals surface area contributed by atoms with Crippen LogP contribution in [0.25, 0.3) is 11.0 Å². The summed E-state index contributed by atoms with van der Waals surface area (Å²) >= 11 is 0. The summed E-state index contributed by atoms with van der Waals surface area (Å²) in [6, 6.07) is 5.13. The van der Waals surface area contributed by atoms with Crippen molar-refractivity contribution in [1.29, 1.82) is 0 Å². The zero-order valence-electron chi connectivity index (χ0n) is 13.8. The second kappa shape index (κ2) is 8.33. The first-order valence-corrected chi connectivity index (χ1v) is 8.18. The van der Waals surface area contributed by atoms with Crippen molar-refractivity contribution < 1.29 is 14.7 Å². The third-order valence-electron chi connectivity index (χ3n) is 4.02. The SMILES string of the molecule is Cn1c(=O)[nH]c2ccc(C(=O)NCCCCCCCC(=O)O)cc21. The van der Waals surface area contributed by atoms with Gasteiger partial charge < -0.3 is 15.4 Å². The number of carboxylic acids is 1. The Morgan fingerprint density at radius 2 is 1.88 bits per heavy atom. The van der Waals surface area contributed by atoms with Crippen LogP contribution in [0.5, 0.6) is 0 Å². The van der Waals surface area contributed by atoms with E-state index in [9.17, 15) is 14.4 Å². The Kier molecular flexibility index (Phi) is 6.17. The van der Waals surface area contributed by atoms with Crippen molar-refractivity contribution in [2.24, 2.45) is 7.05 Å². The molecule has 1 aromatic carbocycles. The monoisotopic (exact) mass is 333 g/mol. The van der Waals surface area contributed by atoms with Crippen LogP contribution in [-0.2, 0) is 11.8 Å². The summed E-state index contributed by atoms with van der Waals surface area (Å²) < 4.78 is 1.48. The van der Waals surface area contributed by atoms with Crippen LogP contribution in [0.1, 0.15) is 48.9 Å². The molecule has 130 valence electrons. The first-order valence-electron chi connectivity index (χ1n) is 8.18. The number of carbonyl (C=O) groups excluding carboxylic acids is 1. The van der Waals surface area contributed by atoms with Gasteiger partial charge in [-0.25, -0.2) is 4.79 Å². The van der Waals surface area contributed by atoms with Gasteiger partial charge in [0.1, 0.15) is 0 Å². The van der Waals surface area contributed by atoms with E-state index in [0.29, 0.717) is 29.6 Å². The van der Waals surface area contributed by atoms with Gasteiger partial charge in [-0.15, -0.1) is 0 Å². The van der Waals surface area contributed by atoms with Gasteiger partial charge in [0.25, 0.3) is 5.91 Å². The molecule has 0 saturated heterocycles. The number of nitrogens with zero attached hydrogens (tertiary/aromatic N) is 1. The molecule has 0 aliphatic carbocycles. The molecule has 0 radical (unpaired) electrons. The fourth-order valence-electron chi connectivity index (χ4n) is 2.60. The lowest BCUT2D eigenvalue weighted by atomic mass is 10.1. The van der Waals surface area contributed by atoms with E-state index >= 15 is 0 Å². The third-order valence-corrected chi connectivity index (χ3v) is 4.02. The predicted octanol–water partition coefficient (Wildman–Crippen LogP) is 2.02. The number of amides is 1. The number of imidazole rings is 1. The number of carbonyl (C=O) groups is 2. The Morgan fingerprint density at radius 3 is 2.62 bits per heavy atom. The number of hydrogen-bond acceptors (Lipinski definition) is 3. The number of fused-ring (bicyclic) bond motifs is 1. The van der Waals surface area contributed by atoms with Crippen molar-refractivity contribution >= 4 is 22.9 Å². The van der Waals surface area contributed by atoms with Gasteiger partial charge in [0.05, 0.1) is 11.0 Å². The highest BCUT2D eigenvalue weighted by Crippen LogP contribution is 2.12. The average molecular weight is 333 g/mol. The number of unbranched alkanes of at least 4 members (excludes halogenated alkanes) is 4. The largest absolute Gasteiger partial charge is 0.481 e. The maximum absolute atomic E-state index is 12.1. The molecule has 1 amide bonds. The van der Waals surface area contributed by atoms with E-state index in [1.807, 2.05) is 0 Å². The smallest absolute Gasteiger partial charge is 0.326 e. The maximum atomic E-state index is 12.1. The first kappa shape index (κ1) is 17.8. The lowest BCUT2D eigenvalue weighted by Crippen LogP contribution is -2.24. The topological polar surface area (TPSA) is 104 Å². The van der Waals surface area contributed by atoms with E-state index in [4.69, 9.17) is 5.11 Å². The Hall–Kier alpha value is -2.57. The van der Waals surface area contributed by atoms with Gasteiger partial charge in [0, 0.05) is 25.6 Å². The average Bonchev–Trinajstić information content (AvgIpc) is 2.83. The van der Waals surface area contributed by atoms with Crippen molar-refractivity contribution in [3.63, 3.8) is 0 Å². The Bertz CT molecular complexity index is 776. The fourth-order valence-corrected chi connectivity index (χ4v) is 2.60. The first-order chi connectivity index (χ1) is 11.5. The van der Waals surface area contributed by atoms with Gasteiger partial charge in [0.15, 0.2) is 0 Å². The Labute approximate surface area is 139 Å². The summed E-state index contributed by atoms with van der Waals surface area (Å²) in [6.45, 7) is 0.585. The van der Waals surface area contributed by atoms with Gasteiger partial charge in [0.2, 0.25) is 0 Å². The fraction of sp³-hybridized carbons (Fsp3) is 0.471. The highest BCUT2D eigenvalue weighted by molar-refractivity contribution is 5.97. The van der Waals surface area contributed by atoms with Crippen molar-refractivity contribution in [3.8, 4) is 0 Å². The molecule has 1 heterocycles. The number of nitrogens with one attached hydrogen (secondary N) is 2. The number of aromatic amines is 1. The normalized spacial score (nSPS) is 10.9. The maximum Gasteiger partial charge on any atom is 0.326 e. The molecule has 0 saturated carbocycles. The second-order valence-electron chi connectivity index (χ2n) is 5.89. The molecule has 2 aromatic rings. The minimum absolute atomic E-state index is 0.156. The van der Waals surface area contributed by atoms with Crippen LogP contribution >= 0.6 is 0 Å². The quantitative estimate of drug-likeness (QED) is 0.611. The highest BCUT2D eigenvalue weighted by atomic mass is 16.4. The molecule has 2 rings (SSSR count). The van der Waals surface area contributed by atoms with Crippen LogP contribution in [0.15, 0.2) is 23.0 Å². The van der Waals surface area contributed by atoms with Crippen LogP contribution < -0.4 is 11.0 Å². The van der Waals surface area contributed by atoms with Crippen LogP contribution in [0.2, 0.25) is 0 Å². The standard InChI is InChI=1S/C17H23N3O4/c1-20-14-11-12(8-9-13(14)19-17(20)24)16(23)18-10-6-4-2-3-5-7-15(21)22/h8-9,11H,2-7,10H2,1H3,(H,18,23)(H,19,24)(H,21,22). The molecule has 0 unspecified atom stereocenters. The van der Waals surface area contributed by atoms with Gasteiger partial charge in [-0.05, 0) is 31.0 Å². The van der Waals surface area contributed by atoms with E-state index in [1.54, 1.807) is 25.2 Å². The van der Waals surface area contributed by atoms with Gasteiger partial charge in [-0.1, -0.05) is 19.3 Å². The molecule has 3 N–H and O–H groups in total. The number of aromatic nitrogens is 2. The molecule has 7 heteroatoms. The van der Waals surface area contributed by atoms with E-state index in [0.717, 1.165) is 25.7 Å². The van der Waals surface area contributed by atoms with Crippen LogP contribution in [0.3, 0.4) is 0 Å². The summed E-state index contributed by atoms with van der Waals surface area (Å²) in [7, 11) is 1.66. The summed E-state index contributed by atoms with van der Waals surface area (Å²) in [4.78, 5) is 36.8. The molecular weight excluding hydrogens is 310 g/mol. The van der Waals surface area contributed by atoms with Crippen LogP contribution in [0.4, 0.5) is 0 Å². The molecule has 0 bridgehead atoms. The zero-order chi connectivity index (χ0) is 17.5. The van der Waals surface area contributed by atoms with Crippen molar-refractivity contribution in [2.45, 2.75) is 38.5 Å². The number of rotatable bonds is 9. The molecular formula is C17H23N3O4. The molecule has 0 atom stereocenters. The number of benzene rings is 1. The van der Waals surface area contributed by atoms with E-state index in [-0.39, 0.29) is 18.0 Å². The summed E-state index contributed by atoms with van der Waals surface area (Å²) in [5.74, 6) is -0.907. The lowest BCUT2D eigenvalue weighted by molar-refractivity contribution is -0.137. The predicted molar refractivity (Wildman–Crippen MR) is 91.2 cm³/mol. The summed E-state index contributed by atoms with van der Waals surface area (Å²) in [5, 5.41) is 11.4. The zero-order valence-corrected chi connectivity index (χ0v) is 13.8. The van der Waals surface area contributed by atoms with Gasteiger partial charge in [-0.2, -0.15) is 0 Å². The highest BCUT2D eigenvalue weighted by Gasteiger charge is 2.09. The molecule has 24 heavy (non-hydrogen) atoms. The van der Waals surface area contributed by atoms with Crippen molar-refractivity contribution in [2.75, 3.05) is 6.54 Å². The molecule has 0 aliphatic heterocycles. The van der Waals surface area contributed by atoms with Gasteiger partial charge >= 0.3 is 11.7 Å².